The van der Waals surface area contributed by atoms with Crippen LogP contribution in [0.1, 0.15) is 19.5 Å². The van der Waals surface area contributed by atoms with Crippen LogP contribution in [0.15, 0.2) is 58.3 Å². The number of carboxylic acid groups (broad SMARTS) is 1. The van der Waals surface area contributed by atoms with Crippen LogP contribution in [0.5, 0.6) is 0 Å². The Balaban J connectivity index is 1.95. The summed E-state index contributed by atoms with van der Waals surface area (Å²) in [7, 11) is 0. The molecule has 11 heteroatoms. The molecule has 1 aromatic heterocycles. The fraction of sp³-hybridized carbons (Fsp3) is 0.292. The molecule has 3 N–H and O–H groups in total. The molecule has 0 saturated heterocycles. The van der Waals surface area contributed by atoms with Crippen LogP contribution in [0.2, 0.25) is 0 Å². The summed E-state index contributed by atoms with van der Waals surface area (Å²) >= 11 is 0. The number of nitrogens with zero attached hydrogens (tertiary/aromatic N) is 3. The van der Waals surface area contributed by atoms with Crippen molar-refractivity contribution in [3.63, 3.8) is 0 Å². The first-order valence-corrected chi connectivity index (χ1v) is 10.9. The number of benzene rings is 2. The summed E-state index contributed by atoms with van der Waals surface area (Å²) in [5, 5.41) is 13.7. The van der Waals surface area contributed by atoms with E-state index in [1.165, 1.54) is 5.01 Å². The Morgan fingerprint density at radius 3 is 2.49 bits per heavy atom. The lowest BCUT2D eigenvalue weighted by Gasteiger charge is -2.23. The molecule has 35 heavy (non-hydrogen) atoms. The number of alkyl halides is 3. The number of hydrogen-bond acceptors (Lipinski definition) is 5. The SMILES string of the molecule is CC(C)Cn1c(CNC(=O)O)c(-c2ccccc2)c2cc(N3CN=C(C(F)(F)F)N3)ccc2c1=O. The molecule has 0 unspecified atom stereocenters. The second kappa shape index (κ2) is 9.32. The Labute approximate surface area is 198 Å². The number of aliphatic imine (C=N–C) groups is 1. The number of amidine groups is 1. The van der Waals surface area contributed by atoms with Crippen molar-refractivity contribution in [2.75, 3.05) is 11.7 Å². The smallest absolute Gasteiger partial charge is 0.450 e. The number of carbonyl (C=O) groups is 1. The van der Waals surface area contributed by atoms with E-state index in [0.717, 1.165) is 5.56 Å². The van der Waals surface area contributed by atoms with Gasteiger partial charge in [-0.2, -0.15) is 13.2 Å². The number of halogens is 3. The van der Waals surface area contributed by atoms with Crippen molar-refractivity contribution < 1.29 is 23.1 Å². The van der Waals surface area contributed by atoms with Crippen LogP contribution < -0.4 is 21.3 Å². The predicted octanol–water partition coefficient (Wildman–Crippen LogP) is 4.34. The molecule has 2 aromatic carbocycles. The van der Waals surface area contributed by atoms with Crippen molar-refractivity contribution >= 4 is 28.4 Å². The van der Waals surface area contributed by atoms with Crippen molar-refractivity contribution in [3.8, 4) is 11.1 Å². The number of hydrogen-bond donors (Lipinski definition) is 3. The first-order valence-electron chi connectivity index (χ1n) is 10.9. The molecule has 0 saturated carbocycles. The zero-order chi connectivity index (χ0) is 25.3. The van der Waals surface area contributed by atoms with Gasteiger partial charge in [-0.1, -0.05) is 44.2 Å². The summed E-state index contributed by atoms with van der Waals surface area (Å²) in [6.45, 7) is 3.90. The van der Waals surface area contributed by atoms with Crippen molar-refractivity contribution in [2.24, 2.45) is 10.9 Å². The quantitative estimate of drug-likeness (QED) is 0.481. The van der Waals surface area contributed by atoms with Gasteiger partial charge >= 0.3 is 12.3 Å². The largest absolute Gasteiger partial charge is 0.465 e. The monoisotopic (exact) mass is 487 g/mol. The van der Waals surface area contributed by atoms with Gasteiger partial charge in [-0.15, -0.1) is 0 Å². The van der Waals surface area contributed by atoms with Gasteiger partial charge in [0.1, 0.15) is 6.67 Å². The van der Waals surface area contributed by atoms with Gasteiger partial charge in [-0.3, -0.25) is 15.2 Å². The summed E-state index contributed by atoms with van der Waals surface area (Å²) in [4.78, 5) is 28.4. The normalized spacial score (nSPS) is 13.8. The first-order chi connectivity index (χ1) is 16.6. The maximum absolute atomic E-state index is 13.5. The first kappa shape index (κ1) is 24.1. The summed E-state index contributed by atoms with van der Waals surface area (Å²) < 4.78 is 40.8. The predicted molar refractivity (Wildman–Crippen MR) is 127 cm³/mol. The second-order valence-electron chi connectivity index (χ2n) is 8.57. The highest BCUT2D eigenvalue weighted by Crippen LogP contribution is 2.34. The molecule has 1 aliphatic heterocycles. The average Bonchev–Trinajstić information content (AvgIpc) is 3.31. The highest BCUT2D eigenvalue weighted by atomic mass is 19.4. The Morgan fingerprint density at radius 2 is 1.89 bits per heavy atom. The van der Waals surface area contributed by atoms with Crippen LogP contribution in [-0.2, 0) is 13.1 Å². The zero-order valence-corrected chi connectivity index (χ0v) is 19.1. The van der Waals surface area contributed by atoms with Gasteiger partial charge in [-0.25, -0.2) is 9.79 Å². The second-order valence-corrected chi connectivity index (χ2v) is 8.57. The molecule has 1 amide bonds. The van der Waals surface area contributed by atoms with Crippen molar-refractivity contribution in [3.05, 3.63) is 64.6 Å². The number of rotatable bonds is 6. The summed E-state index contributed by atoms with van der Waals surface area (Å²) in [6.07, 6.45) is -5.85. The maximum Gasteiger partial charge on any atom is 0.450 e. The highest BCUT2D eigenvalue weighted by Gasteiger charge is 2.39. The van der Waals surface area contributed by atoms with Crippen LogP contribution in [0.4, 0.5) is 23.7 Å². The Morgan fingerprint density at radius 1 is 1.17 bits per heavy atom. The van der Waals surface area contributed by atoms with E-state index in [4.69, 9.17) is 0 Å². The molecule has 4 rings (SSSR count). The lowest BCUT2D eigenvalue weighted by molar-refractivity contribution is -0.0611. The number of anilines is 1. The average molecular weight is 487 g/mol. The lowest BCUT2D eigenvalue weighted by Crippen LogP contribution is -2.42. The third-order valence-corrected chi connectivity index (χ3v) is 5.57. The molecule has 0 bridgehead atoms. The van der Waals surface area contributed by atoms with Crippen molar-refractivity contribution in [1.82, 2.24) is 15.3 Å². The minimum Gasteiger partial charge on any atom is -0.465 e. The van der Waals surface area contributed by atoms with E-state index in [2.05, 4.69) is 15.7 Å². The van der Waals surface area contributed by atoms with E-state index in [1.54, 1.807) is 22.8 Å². The van der Waals surface area contributed by atoms with Gasteiger partial charge in [0.15, 0.2) is 0 Å². The number of fused-ring (bicyclic) bond motifs is 1. The van der Waals surface area contributed by atoms with Crippen molar-refractivity contribution in [2.45, 2.75) is 33.1 Å². The topological polar surface area (TPSA) is 99.0 Å². The van der Waals surface area contributed by atoms with E-state index in [-0.39, 0.29) is 24.7 Å². The van der Waals surface area contributed by atoms with Crippen molar-refractivity contribution in [1.29, 1.82) is 0 Å². The molecule has 3 aromatic rings. The third kappa shape index (κ3) is 4.93. The molecule has 0 radical (unpaired) electrons. The summed E-state index contributed by atoms with van der Waals surface area (Å²) in [6, 6.07) is 13.9. The van der Waals surface area contributed by atoms with E-state index in [0.29, 0.717) is 34.3 Å². The van der Waals surface area contributed by atoms with Crippen LogP contribution in [0, 0.1) is 5.92 Å². The number of nitrogens with one attached hydrogen (secondary N) is 2. The molecule has 184 valence electrons. The minimum absolute atomic E-state index is 0.100. The number of hydrazine groups is 1. The fourth-order valence-corrected chi connectivity index (χ4v) is 4.12. The molecule has 1 aliphatic rings. The number of pyridine rings is 1. The van der Waals surface area contributed by atoms with E-state index < -0.39 is 18.1 Å². The third-order valence-electron chi connectivity index (χ3n) is 5.57. The maximum atomic E-state index is 13.5. The van der Waals surface area contributed by atoms with Gasteiger partial charge in [0.05, 0.1) is 12.2 Å². The van der Waals surface area contributed by atoms with Gasteiger partial charge in [0, 0.05) is 23.2 Å². The molecule has 2 heterocycles. The van der Waals surface area contributed by atoms with Gasteiger partial charge in [-0.05, 0) is 35.1 Å². The molecule has 0 aliphatic carbocycles. The molecule has 0 atom stereocenters. The fourth-order valence-electron chi connectivity index (χ4n) is 4.12. The minimum atomic E-state index is -4.61. The number of amides is 1. The molecule has 8 nitrogen and oxygen atoms in total. The van der Waals surface area contributed by atoms with Gasteiger partial charge < -0.3 is 15.0 Å². The van der Waals surface area contributed by atoms with Gasteiger partial charge in [0.2, 0.25) is 5.84 Å². The summed E-state index contributed by atoms with van der Waals surface area (Å²) in [5.41, 5.74) is 4.20. The van der Waals surface area contributed by atoms with E-state index in [9.17, 15) is 27.9 Å². The van der Waals surface area contributed by atoms with Crippen LogP contribution in [0.3, 0.4) is 0 Å². The number of aromatic nitrogens is 1. The Bertz CT molecular complexity index is 1350. The van der Waals surface area contributed by atoms with E-state index in [1.807, 2.05) is 44.2 Å². The zero-order valence-electron chi connectivity index (χ0n) is 19.1. The standard InChI is InChI=1S/C24H24F3N5O3/c1-14(2)12-31-19(11-28-23(34)35)20(15-6-4-3-5-7-15)18-10-16(8-9-17(18)21(31)33)32-13-29-22(30-32)24(25,26)27/h3-10,14,28H,11-13H2,1-2H3,(H,29,30)(H,34,35). The molecular weight excluding hydrogens is 463 g/mol. The lowest BCUT2D eigenvalue weighted by atomic mass is 9.95. The van der Waals surface area contributed by atoms with Crippen LogP contribution >= 0.6 is 0 Å². The Hall–Kier alpha value is -4.02. The van der Waals surface area contributed by atoms with Gasteiger partial charge in [0.25, 0.3) is 5.56 Å². The highest BCUT2D eigenvalue weighted by molar-refractivity contribution is 6.00. The van der Waals surface area contributed by atoms with E-state index >= 15 is 0 Å². The molecular formula is C24H24F3N5O3. The van der Waals surface area contributed by atoms with Crippen LogP contribution in [0.25, 0.3) is 21.9 Å². The Kier molecular flexibility index (Phi) is 6.42. The van der Waals surface area contributed by atoms with Crippen LogP contribution in [-0.4, -0.2) is 34.4 Å². The molecule has 0 spiro atoms. The summed E-state index contributed by atoms with van der Waals surface area (Å²) in [5.74, 6) is -0.997. The molecule has 0 fully saturated rings.